The molecule has 0 atom stereocenters. The minimum absolute atomic E-state index is 0.179. The van der Waals surface area contributed by atoms with Gasteiger partial charge in [-0.2, -0.15) is 0 Å². The minimum atomic E-state index is -3.63. The number of anilines is 1. The van der Waals surface area contributed by atoms with E-state index in [0.29, 0.717) is 5.76 Å². The molecular weight excluding hydrogens is 276 g/mol. The maximum atomic E-state index is 12.1. The molecule has 20 heavy (non-hydrogen) atoms. The Balaban J connectivity index is 2.14. The predicted octanol–water partition coefficient (Wildman–Crippen LogP) is 2.90. The number of nitrogens with one attached hydrogen (secondary N) is 1. The summed E-state index contributed by atoms with van der Waals surface area (Å²) in [5.41, 5.74) is 1.07. The van der Waals surface area contributed by atoms with E-state index in [1.807, 2.05) is 6.08 Å². The van der Waals surface area contributed by atoms with Crippen LogP contribution in [0.2, 0.25) is 0 Å². The first-order valence-electron chi connectivity index (χ1n) is 6.17. The van der Waals surface area contributed by atoms with Crippen molar-refractivity contribution < 1.29 is 12.9 Å². The molecule has 1 heterocycles. The summed E-state index contributed by atoms with van der Waals surface area (Å²) >= 11 is 0. The van der Waals surface area contributed by atoms with Gasteiger partial charge >= 0.3 is 0 Å². The third kappa shape index (κ3) is 3.48. The lowest BCUT2D eigenvalue weighted by Crippen LogP contribution is -2.13. The zero-order valence-electron chi connectivity index (χ0n) is 11.2. The molecule has 106 valence electrons. The highest BCUT2D eigenvalue weighted by atomic mass is 32.2. The summed E-state index contributed by atoms with van der Waals surface area (Å²) in [5.74, 6) is 0.723. The summed E-state index contributed by atoms with van der Waals surface area (Å²) in [6, 6.07) is 8.27. The van der Waals surface area contributed by atoms with Crippen molar-refractivity contribution in [3.05, 3.63) is 54.3 Å². The Morgan fingerprint density at radius 2 is 2.05 bits per heavy atom. The zero-order chi connectivity index (χ0) is 14.6. The molecule has 1 aromatic heterocycles. The number of rotatable bonds is 6. The Kier molecular flexibility index (Phi) is 4.24. The second kappa shape index (κ2) is 5.92. The maximum Gasteiger partial charge on any atom is 0.263 e. The summed E-state index contributed by atoms with van der Waals surface area (Å²) in [7, 11) is -3.63. The van der Waals surface area contributed by atoms with Gasteiger partial charge in [-0.1, -0.05) is 23.4 Å². The SMILES string of the molecule is C=CCCc1ccc(S(=O)(=O)Nc2cc(C)on2)cc1. The van der Waals surface area contributed by atoms with E-state index in [0.717, 1.165) is 18.4 Å². The van der Waals surface area contributed by atoms with Gasteiger partial charge in [0.1, 0.15) is 5.76 Å². The largest absolute Gasteiger partial charge is 0.360 e. The lowest BCUT2D eigenvalue weighted by molar-refractivity contribution is 0.400. The van der Waals surface area contributed by atoms with E-state index < -0.39 is 10.0 Å². The molecular formula is C14H16N2O3S. The number of hydrogen-bond acceptors (Lipinski definition) is 4. The molecule has 0 bridgehead atoms. The second-order valence-corrected chi connectivity index (χ2v) is 6.08. The molecule has 6 heteroatoms. The summed E-state index contributed by atoms with van der Waals surface area (Å²) in [6.45, 7) is 5.35. The van der Waals surface area contributed by atoms with Gasteiger partial charge in [-0.15, -0.1) is 6.58 Å². The molecule has 0 unspecified atom stereocenters. The van der Waals surface area contributed by atoms with E-state index in [1.54, 1.807) is 31.2 Å². The third-order valence-corrected chi connectivity index (χ3v) is 4.11. The van der Waals surface area contributed by atoms with Crippen LogP contribution < -0.4 is 4.72 Å². The van der Waals surface area contributed by atoms with Crippen molar-refractivity contribution in [2.24, 2.45) is 0 Å². The van der Waals surface area contributed by atoms with Gasteiger partial charge in [0, 0.05) is 6.07 Å². The predicted molar refractivity (Wildman–Crippen MR) is 77.0 cm³/mol. The van der Waals surface area contributed by atoms with Crippen LogP contribution in [0.15, 0.2) is 52.4 Å². The van der Waals surface area contributed by atoms with Gasteiger partial charge in [0.2, 0.25) is 0 Å². The second-order valence-electron chi connectivity index (χ2n) is 4.40. The molecule has 0 aliphatic heterocycles. The van der Waals surface area contributed by atoms with Crippen LogP contribution in [0, 0.1) is 6.92 Å². The molecule has 0 spiro atoms. The van der Waals surface area contributed by atoms with Gasteiger partial charge in [0.25, 0.3) is 10.0 Å². The summed E-state index contributed by atoms with van der Waals surface area (Å²) in [5, 5.41) is 3.61. The van der Waals surface area contributed by atoms with E-state index in [1.165, 1.54) is 6.07 Å². The molecule has 5 nitrogen and oxygen atoms in total. The Labute approximate surface area is 118 Å². The average Bonchev–Trinajstić information content (AvgIpc) is 2.81. The standard InChI is InChI=1S/C14H16N2O3S/c1-3-4-5-12-6-8-13(9-7-12)20(17,18)16-14-10-11(2)19-15-14/h3,6-10H,1,4-5H2,2H3,(H,15,16). The van der Waals surface area contributed by atoms with Crippen LogP contribution in [0.4, 0.5) is 5.82 Å². The first-order chi connectivity index (χ1) is 9.51. The molecule has 2 aromatic rings. The van der Waals surface area contributed by atoms with Crippen molar-refractivity contribution in [1.29, 1.82) is 0 Å². The zero-order valence-corrected chi connectivity index (χ0v) is 12.0. The number of sulfonamides is 1. The van der Waals surface area contributed by atoms with Crippen molar-refractivity contribution in [3.63, 3.8) is 0 Å². The molecule has 1 aromatic carbocycles. The number of allylic oxidation sites excluding steroid dienone is 1. The van der Waals surface area contributed by atoms with E-state index in [-0.39, 0.29) is 10.7 Å². The number of aryl methyl sites for hydroxylation is 2. The van der Waals surface area contributed by atoms with E-state index >= 15 is 0 Å². The number of benzene rings is 1. The van der Waals surface area contributed by atoms with Crippen LogP contribution in [0.5, 0.6) is 0 Å². The molecule has 0 saturated heterocycles. The van der Waals surface area contributed by atoms with Crippen LogP contribution in [-0.2, 0) is 16.4 Å². The Bertz CT molecular complexity index is 687. The summed E-state index contributed by atoms with van der Waals surface area (Å²) < 4.78 is 31.4. The smallest absolute Gasteiger partial charge is 0.263 e. The van der Waals surface area contributed by atoms with Crippen molar-refractivity contribution >= 4 is 15.8 Å². The van der Waals surface area contributed by atoms with Crippen LogP contribution >= 0.6 is 0 Å². The maximum absolute atomic E-state index is 12.1. The molecule has 1 N–H and O–H groups in total. The fraction of sp³-hybridized carbons (Fsp3) is 0.214. The molecule has 0 radical (unpaired) electrons. The van der Waals surface area contributed by atoms with Crippen LogP contribution in [0.3, 0.4) is 0 Å². The fourth-order valence-electron chi connectivity index (χ4n) is 1.72. The van der Waals surface area contributed by atoms with E-state index in [2.05, 4.69) is 16.5 Å². The van der Waals surface area contributed by atoms with Crippen molar-refractivity contribution in [2.75, 3.05) is 4.72 Å². The van der Waals surface area contributed by atoms with Crippen LogP contribution in [0.1, 0.15) is 17.7 Å². The Morgan fingerprint density at radius 1 is 1.35 bits per heavy atom. The van der Waals surface area contributed by atoms with Gasteiger partial charge in [-0.25, -0.2) is 8.42 Å². The third-order valence-electron chi connectivity index (χ3n) is 2.74. The molecule has 0 amide bonds. The van der Waals surface area contributed by atoms with Crippen LogP contribution in [0.25, 0.3) is 0 Å². The van der Waals surface area contributed by atoms with Crippen molar-refractivity contribution in [1.82, 2.24) is 5.16 Å². The monoisotopic (exact) mass is 292 g/mol. The lowest BCUT2D eigenvalue weighted by atomic mass is 10.1. The number of aromatic nitrogens is 1. The topological polar surface area (TPSA) is 72.2 Å². The van der Waals surface area contributed by atoms with E-state index in [4.69, 9.17) is 4.52 Å². The van der Waals surface area contributed by atoms with Crippen LogP contribution in [-0.4, -0.2) is 13.6 Å². The normalized spacial score (nSPS) is 11.2. The quantitative estimate of drug-likeness (QED) is 0.831. The molecule has 0 aliphatic carbocycles. The molecule has 0 aliphatic rings. The van der Waals surface area contributed by atoms with Crippen molar-refractivity contribution in [2.45, 2.75) is 24.7 Å². The van der Waals surface area contributed by atoms with Gasteiger partial charge in [0.05, 0.1) is 4.90 Å². The molecule has 0 saturated carbocycles. The van der Waals surface area contributed by atoms with Gasteiger partial charge in [0.15, 0.2) is 5.82 Å². The molecule has 0 fully saturated rings. The van der Waals surface area contributed by atoms with Crippen molar-refractivity contribution in [3.8, 4) is 0 Å². The van der Waals surface area contributed by atoms with Gasteiger partial charge in [-0.05, 0) is 37.5 Å². The first kappa shape index (κ1) is 14.3. The lowest BCUT2D eigenvalue weighted by Gasteiger charge is -2.05. The molecule has 2 rings (SSSR count). The highest BCUT2D eigenvalue weighted by Crippen LogP contribution is 2.17. The fourth-order valence-corrected chi connectivity index (χ4v) is 2.70. The number of hydrogen-bond donors (Lipinski definition) is 1. The highest BCUT2D eigenvalue weighted by molar-refractivity contribution is 7.92. The van der Waals surface area contributed by atoms with Gasteiger partial charge < -0.3 is 4.52 Å². The highest BCUT2D eigenvalue weighted by Gasteiger charge is 2.15. The summed E-state index contributed by atoms with van der Waals surface area (Å²) in [6.07, 6.45) is 3.54. The van der Waals surface area contributed by atoms with Gasteiger partial charge in [-0.3, -0.25) is 4.72 Å². The average molecular weight is 292 g/mol. The number of nitrogens with zero attached hydrogens (tertiary/aromatic N) is 1. The minimum Gasteiger partial charge on any atom is -0.360 e. The summed E-state index contributed by atoms with van der Waals surface area (Å²) in [4.78, 5) is 0.195. The Morgan fingerprint density at radius 3 is 2.60 bits per heavy atom. The van der Waals surface area contributed by atoms with E-state index in [9.17, 15) is 8.42 Å². The Hall–Kier alpha value is -2.08. The first-order valence-corrected chi connectivity index (χ1v) is 7.65.